The van der Waals surface area contributed by atoms with E-state index in [-0.39, 0.29) is 31.5 Å². The minimum atomic E-state index is -5.64. The quantitative estimate of drug-likeness (QED) is 0.796. The number of piperidine rings is 1. The van der Waals surface area contributed by atoms with Gasteiger partial charge < -0.3 is 10.6 Å². The number of carbonyl (C=O) groups excluding carboxylic acids is 1. The van der Waals surface area contributed by atoms with Gasteiger partial charge in [0, 0.05) is 19.1 Å². The van der Waals surface area contributed by atoms with Crippen molar-refractivity contribution in [3.05, 3.63) is 0 Å². The molecule has 0 bridgehead atoms. The van der Waals surface area contributed by atoms with Gasteiger partial charge in [-0.25, -0.2) is 0 Å². The lowest BCUT2D eigenvalue weighted by Gasteiger charge is -2.38. The van der Waals surface area contributed by atoms with Crippen molar-refractivity contribution in [2.24, 2.45) is 17.6 Å². The van der Waals surface area contributed by atoms with Crippen LogP contribution in [0.15, 0.2) is 0 Å². The number of likely N-dealkylation sites (tertiary alicyclic amines) is 1. The molecule has 1 amide bonds. The summed E-state index contributed by atoms with van der Waals surface area (Å²) < 4.78 is 74.9. The average molecular weight is 306 g/mol. The minimum absolute atomic E-state index is 0.167. The van der Waals surface area contributed by atoms with E-state index in [1.54, 1.807) is 6.92 Å². The van der Waals surface area contributed by atoms with Crippen LogP contribution >= 0.6 is 0 Å². The summed E-state index contributed by atoms with van der Waals surface area (Å²) in [5.74, 6) is -6.17. The minimum Gasteiger partial charge on any atom is -0.341 e. The van der Waals surface area contributed by atoms with Crippen LogP contribution in [0.4, 0.5) is 26.3 Å². The van der Waals surface area contributed by atoms with Crippen molar-refractivity contribution >= 4 is 5.91 Å². The maximum Gasteiger partial charge on any atom is 0.409 e. The molecule has 0 aromatic rings. The second-order valence-corrected chi connectivity index (χ2v) is 4.92. The van der Waals surface area contributed by atoms with E-state index in [9.17, 15) is 31.1 Å². The Hall–Kier alpha value is -0.990. The molecule has 2 unspecified atom stereocenters. The van der Waals surface area contributed by atoms with Gasteiger partial charge in [0.15, 0.2) is 0 Å². The van der Waals surface area contributed by atoms with Crippen LogP contribution in [0.25, 0.3) is 0 Å². The second-order valence-electron chi connectivity index (χ2n) is 4.92. The Bertz CT molecular complexity index is 340. The fraction of sp³-hybridized carbons (Fsp3) is 0.909. The molecule has 1 rings (SSSR count). The van der Waals surface area contributed by atoms with Crippen molar-refractivity contribution in [1.82, 2.24) is 4.90 Å². The maximum atomic E-state index is 12.5. The van der Waals surface area contributed by atoms with Gasteiger partial charge in [0.2, 0.25) is 11.8 Å². The lowest BCUT2D eigenvalue weighted by atomic mass is 9.90. The van der Waals surface area contributed by atoms with E-state index >= 15 is 0 Å². The lowest BCUT2D eigenvalue weighted by molar-refractivity contribution is -0.278. The molecule has 0 aliphatic carbocycles. The zero-order valence-electron chi connectivity index (χ0n) is 10.8. The van der Waals surface area contributed by atoms with Crippen LogP contribution in [0.2, 0.25) is 0 Å². The molecule has 3 nitrogen and oxygen atoms in total. The molecule has 0 aromatic carbocycles. The van der Waals surface area contributed by atoms with Crippen LogP contribution in [-0.2, 0) is 4.79 Å². The number of nitrogens with two attached hydrogens (primary N) is 1. The SMILES string of the molecule is CCC1CN(C(=O)C(C(F)(F)F)C(F)(F)F)CCC1N. The molecule has 0 aromatic heterocycles. The Balaban J connectivity index is 2.91. The van der Waals surface area contributed by atoms with Gasteiger partial charge in [-0.05, 0) is 12.3 Å². The number of carbonyl (C=O) groups is 1. The molecule has 1 aliphatic heterocycles. The van der Waals surface area contributed by atoms with Crippen LogP contribution in [0, 0.1) is 11.8 Å². The molecule has 9 heteroatoms. The van der Waals surface area contributed by atoms with E-state index in [0.717, 1.165) is 0 Å². The molecule has 1 fully saturated rings. The van der Waals surface area contributed by atoms with Crippen molar-refractivity contribution in [1.29, 1.82) is 0 Å². The zero-order chi connectivity index (χ0) is 15.7. The van der Waals surface area contributed by atoms with Crippen molar-refractivity contribution in [3.8, 4) is 0 Å². The molecule has 0 radical (unpaired) electrons. The summed E-state index contributed by atoms with van der Waals surface area (Å²) in [5, 5.41) is 0. The lowest BCUT2D eigenvalue weighted by Crippen LogP contribution is -2.55. The first-order valence-electron chi connectivity index (χ1n) is 6.16. The largest absolute Gasteiger partial charge is 0.409 e. The summed E-state index contributed by atoms with van der Waals surface area (Å²) in [6, 6.07) is -0.306. The molecule has 1 saturated heterocycles. The third-order valence-corrected chi connectivity index (χ3v) is 3.53. The van der Waals surface area contributed by atoms with Crippen LogP contribution in [0.1, 0.15) is 19.8 Å². The highest BCUT2D eigenvalue weighted by atomic mass is 19.4. The number of hydrogen-bond donors (Lipinski definition) is 1. The summed E-state index contributed by atoms with van der Waals surface area (Å²) in [7, 11) is 0. The van der Waals surface area contributed by atoms with E-state index < -0.39 is 24.2 Å². The Morgan fingerprint density at radius 3 is 2.15 bits per heavy atom. The van der Waals surface area contributed by atoms with E-state index in [2.05, 4.69) is 0 Å². The number of amides is 1. The van der Waals surface area contributed by atoms with Crippen molar-refractivity contribution < 1.29 is 31.1 Å². The molecule has 0 spiro atoms. The molecular formula is C11H16F6N2O. The smallest absolute Gasteiger partial charge is 0.341 e. The summed E-state index contributed by atoms with van der Waals surface area (Å²) >= 11 is 0. The van der Waals surface area contributed by atoms with Gasteiger partial charge in [-0.1, -0.05) is 13.3 Å². The van der Waals surface area contributed by atoms with Gasteiger partial charge in [0.1, 0.15) is 0 Å². The van der Waals surface area contributed by atoms with E-state index in [1.165, 1.54) is 0 Å². The first-order chi connectivity index (χ1) is 8.98. The van der Waals surface area contributed by atoms with Crippen molar-refractivity contribution in [2.75, 3.05) is 13.1 Å². The fourth-order valence-corrected chi connectivity index (χ4v) is 2.33. The third-order valence-electron chi connectivity index (χ3n) is 3.53. The summed E-state index contributed by atoms with van der Waals surface area (Å²) in [6.07, 6.45) is -10.6. The number of hydrogen-bond acceptors (Lipinski definition) is 2. The van der Waals surface area contributed by atoms with Crippen LogP contribution in [0.3, 0.4) is 0 Å². The van der Waals surface area contributed by atoms with Crippen LogP contribution in [0.5, 0.6) is 0 Å². The van der Waals surface area contributed by atoms with Gasteiger partial charge in [0.05, 0.1) is 0 Å². The predicted molar refractivity (Wildman–Crippen MR) is 58.6 cm³/mol. The summed E-state index contributed by atoms with van der Waals surface area (Å²) in [4.78, 5) is 12.2. The average Bonchev–Trinajstić information content (AvgIpc) is 2.25. The number of rotatable bonds is 2. The second kappa shape index (κ2) is 5.79. The Morgan fingerprint density at radius 1 is 1.25 bits per heavy atom. The van der Waals surface area contributed by atoms with Crippen molar-refractivity contribution in [3.63, 3.8) is 0 Å². The standard InChI is InChI=1S/C11H16F6N2O/c1-2-6-5-19(4-3-7(6)18)9(20)8(10(12,13)14)11(15,16)17/h6-8H,2-5,18H2,1H3. The first-order valence-corrected chi connectivity index (χ1v) is 6.16. The molecule has 20 heavy (non-hydrogen) atoms. The van der Waals surface area contributed by atoms with Crippen LogP contribution in [-0.4, -0.2) is 42.3 Å². The highest BCUT2D eigenvalue weighted by molar-refractivity contribution is 5.80. The fourth-order valence-electron chi connectivity index (χ4n) is 2.33. The normalized spacial score (nSPS) is 25.1. The topological polar surface area (TPSA) is 46.3 Å². The highest BCUT2D eigenvalue weighted by Crippen LogP contribution is 2.40. The van der Waals surface area contributed by atoms with E-state index in [1.807, 2.05) is 0 Å². The number of nitrogens with zero attached hydrogens (tertiary/aromatic N) is 1. The van der Waals surface area contributed by atoms with Gasteiger partial charge in [-0.2, -0.15) is 26.3 Å². The van der Waals surface area contributed by atoms with E-state index in [0.29, 0.717) is 11.3 Å². The zero-order valence-corrected chi connectivity index (χ0v) is 10.8. The Morgan fingerprint density at radius 2 is 1.75 bits per heavy atom. The molecule has 0 saturated carbocycles. The highest BCUT2D eigenvalue weighted by Gasteiger charge is 2.62. The Labute approximate surface area is 112 Å². The monoisotopic (exact) mass is 306 g/mol. The van der Waals surface area contributed by atoms with Crippen LogP contribution < -0.4 is 5.73 Å². The molecule has 118 valence electrons. The van der Waals surface area contributed by atoms with Crippen molar-refractivity contribution in [2.45, 2.75) is 38.2 Å². The first kappa shape index (κ1) is 17.1. The van der Waals surface area contributed by atoms with Gasteiger partial charge in [-0.15, -0.1) is 0 Å². The summed E-state index contributed by atoms with van der Waals surface area (Å²) in [6.45, 7) is 1.38. The maximum absolute atomic E-state index is 12.5. The number of alkyl halides is 6. The molecule has 2 N–H and O–H groups in total. The number of halogens is 6. The predicted octanol–water partition coefficient (Wildman–Crippen LogP) is 2.31. The molecular weight excluding hydrogens is 290 g/mol. The van der Waals surface area contributed by atoms with Gasteiger partial charge in [0.25, 0.3) is 0 Å². The van der Waals surface area contributed by atoms with Gasteiger partial charge >= 0.3 is 12.4 Å². The van der Waals surface area contributed by atoms with E-state index in [4.69, 9.17) is 5.73 Å². The molecule has 1 heterocycles. The third kappa shape index (κ3) is 3.77. The molecule has 1 aliphatic rings. The molecule has 2 atom stereocenters. The Kier molecular flexibility index (Phi) is 4.94. The van der Waals surface area contributed by atoms with Gasteiger partial charge in [-0.3, -0.25) is 4.79 Å². The summed E-state index contributed by atoms with van der Waals surface area (Å²) in [5.41, 5.74) is 5.72.